The molecule has 0 aliphatic carbocycles. The Balaban J connectivity index is 2.20. The topological polar surface area (TPSA) is 0 Å². The largest absolute Gasteiger partial charge is 0.0958 e. The third-order valence-corrected chi connectivity index (χ3v) is 7.84. The fourth-order valence-corrected chi connectivity index (χ4v) is 5.73. The summed E-state index contributed by atoms with van der Waals surface area (Å²) in [5, 5.41) is 2.61. The molecular weight excluding hydrogens is 492 g/mol. The molecule has 0 N–H and O–H groups in total. The maximum Gasteiger partial charge on any atom is -0.00132 e. The molecule has 0 radical (unpaired) electrons. The van der Waals surface area contributed by atoms with Gasteiger partial charge in [0, 0.05) is 0 Å². The summed E-state index contributed by atoms with van der Waals surface area (Å²) in [5.74, 6) is 1.17. The number of rotatable bonds is 13. The minimum atomic E-state index is 0.569. The van der Waals surface area contributed by atoms with E-state index in [1.807, 2.05) is 0 Å². The molecule has 3 aromatic rings. The van der Waals surface area contributed by atoms with Crippen LogP contribution in [-0.4, -0.2) is 0 Å². The van der Waals surface area contributed by atoms with Gasteiger partial charge in [0.2, 0.25) is 0 Å². The summed E-state index contributed by atoms with van der Waals surface area (Å²) in [6.07, 6.45) is 10.0. The fourth-order valence-electron chi connectivity index (χ4n) is 5.73. The molecule has 0 atom stereocenters. The fraction of sp³-hybridized carbons (Fsp3) is 0.366. The first-order chi connectivity index (χ1) is 19.5. The van der Waals surface area contributed by atoms with Gasteiger partial charge < -0.3 is 0 Å². The van der Waals surface area contributed by atoms with E-state index in [4.69, 9.17) is 0 Å². The predicted molar refractivity (Wildman–Crippen MR) is 185 cm³/mol. The van der Waals surface area contributed by atoms with Crippen molar-refractivity contribution in [3.8, 4) is 0 Å². The second-order valence-corrected chi connectivity index (χ2v) is 12.7. The zero-order chi connectivity index (χ0) is 30.1. The van der Waals surface area contributed by atoms with Crippen molar-refractivity contribution in [1.82, 2.24) is 0 Å². The van der Waals surface area contributed by atoms with Crippen LogP contribution in [-0.2, 0) is 6.42 Å². The van der Waals surface area contributed by atoms with Crippen LogP contribution in [0.1, 0.15) is 103 Å². The van der Waals surface area contributed by atoms with Crippen molar-refractivity contribution in [3.05, 3.63) is 131 Å². The highest BCUT2D eigenvalue weighted by atomic mass is 14.2. The third-order valence-electron chi connectivity index (χ3n) is 7.84. The summed E-state index contributed by atoms with van der Waals surface area (Å²) in [6, 6.07) is 22.4. The van der Waals surface area contributed by atoms with Gasteiger partial charge in [-0.3, -0.25) is 0 Å². The molecule has 0 unspecified atom stereocenters. The van der Waals surface area contributed by atoms with Gasteiger partial charge in [0.05, 0.1) is 0 Å². The van der Waals surface area contributed by atoms with Crippen molar-refractivity contribution in [2.45, 2.75) is 87.5 Å². The molecule has 0 spiro atoms. The standard InChI is InChI=1S/C41H52/c1-11-15-31(8)24-38(23-29(4)5)33(10)35-20-21-40(32(9)25-37(30(6)7)22-28(2)3)39(26-35)27-36-18-14-17-34-16-12-13-19-41(34)36/h12-14,16-21,24-26,28-29H,6,9,11,15,22-23,27H2,1-5,7-8,10H3/b31-24+,37-25-,38-33+. The lowest BCUT2D eigenvalue weighted by Crippen LogP contribution is -2.00. The van der Waals surface area contributed by atoms with Crippen LogP contribution >= 0.6 is 0 Å². The number of hydrogen-bond acceptors (Lipinski definition) is 0. The predicted octanol–water partition coefficient (Wildman–Crippen LogP) is 12.6. The van der Waals surface area contributed by atoms with Crippen LogP contribution in [0.25, 0.3) is 21.9 Å². The number of fused-ring (bicyclic) bond motifs is 1. The highest BCUT2D eigenvalue weighted by molar-refractivity contribution is 5.86. The second kappa shape index (κ2) is 15.0. The zero-order valence-electron chi connectivity index (χ0n) is 27.0. The molecular formula is C41H52. The molecule has 0 aliphatic rings. The molecule has 0 saturated heterocycles. The van der Waals surface area contributed by atoms with Crippen LogP contribution in [0.4, 0.5) is 0 Å². The monoisotopic (exact) mass is 544 g/mol. The van der Waals surface area contributed by atoms with E-state index >= 15 is 0 Å². The molecule has 0 fully saturated rings. The Kier molecular flexibility index (Phi) is 11.8. The lowest BCUT2D eigenvalue weighted by molar-refractivity contribution is 0.646. The van der Waals surface area contributed by atoms with E-state index in [0.29, 0.717) is 11.8 Å². The average molecular weight is 545 g/mol. The van der Waals surface area contributed by atoms with Gasteiger partial charge in [-0.1, -0.05) is 138 Å². The molecule has 0 saturated carbocycles. The number of benzene rings is 3. The smallest absolute Gasteiger partial charge is 0.00132 e. The van der Waals surface area contributed by atoms with Gasteiger partial charge in [-0.15, -0.1) is 0 Å². The maximum atomic E-state index is 4.59. The minimum absolute atomic E-state index is 0.569. The van der Waals surface area contributed by atoms with E-state index in [-0.39, 0.29) is 0 Å². The van der Waals surface area contributed by atoms with Gasteiger partial charge in [-0.2, -0.15) is 0 Å². The van der Waals surface area contributed by atoms with E-state index in [0.717, 1.165) is 36.8 Å². The lowest BCUT2D eigenvalue weighted by Gasteiger charge is -2.18. The Morgan fingerprint density at radius 1 is 0.780 bits per heavy atom. The molecule has 0 heterocycles. The van der Waals surface area contributed by atoms with E-state index in [1.54, 1.807) is 0 Å². The molecule has 0 aromatic heterocycles. The molecule has 0 amide bonds. The van der Waals surface area contributed by atoms with Gasteiger partial charge >= 0.3 is 0 Å². The summed E-state index contributed by atoms with van der Waals surface area (Å²) < 4.78 is 0. The van der Waals surface area contributed by atoms with Crippen molar-refractivity contribution in [3.63, 3.8) is 0 Å². The van der Waals surface area contributed by atoms with Crippen molar-refractivity contribution < 1.29 is 0 Å². The van der Waals surface area contributed by atoms with Crippen LogP contribution in [0.2, 0.25) is 0 Å². The summed E-state index contributed by atoms with van der Waals surface area (Å²) in [5.41, 5.74) is 13.0. The first-order valence-electron chi connectivity index (χ1n) is 15.5. The van der Waals surface area contributed by atoms with E-state index in [1.165, 1.54) is 61.7 Å². The van der Waals surface area contributed by atoms with Crippen molar-refractivity contribution in [2.24, 2.45) is 11.8 Å². The Labute approximate surface area is 251 Å². The molecule has 0 heteroatoms. The van der Waals surface area contributed by atoms with Crippen LogP contribution in [0.3, 0.4) is 0 Å². The molecule has 0 nitrogen and oxygen atoms in total. The molecule has 0 bridgehead atoms. The van der Waals surface area contributed by atoms with Crippen molar-refractivity contribution in [1.29, 1.82) is 0 Å². The normalized spacial score (nSPS) is 13.2. The highest BCUT2D eigenvalue weighted by Crippen LogP contribution is 2.33. The summed E-state index contributed by atoms with van der Waals surface area (Å²) >= 11 is 0. The summed E-state index contributed by atoms with van der Waals surface area (Å²) in [6.45, 7) is 27.0. The number of hydrogen-bond donors (Lipinski definition) is 0. The van der Waals surface area contributed by atoms with Gasteiger partial charge in [-0.05, 0) is 114 Å². The summed E-state index contributed by atoms with van der Waals surface area (Å²) in [7, 11) is 0. The van der Waals surface area contributed by atoms with Crippen LogP contribution in [0.15, 0.2) is 108 Å². The van der Waals surface area contributed by atoms with Crippen LogP contribution in [0.5, 0.6) is 0 Å². The Morgan fingerprint density at radius 2 is 1.46 bits per heavy atom. The average Bonchev–Trinajstić information content (AvgIpc) is 2.91. The molecule has 3 aromatic carbocycles. The van der Waals surface area contributed by atoms with Crippen LogP contribution < -0.4 is 0 Å². The third kappa shape index (κ3) is 9.06. The minimum Gasteiger partial charge on any atom is -0.0958 e. The SMILES string of the molecule is C=C(C)/C(=C\C(=C)c1ccc(/C(C)=C(/C=C(\C)CCC)CC(C)C)cc1Cc1cccc2ccccc12)CC(C)C. The Hall–Kier alpha value is -3.38. The van der Waals surface area contributed by atoms with Crippen molar-refractivity contribution >= 4 is 21.9 Å². The van der Waals surface area contributed by atoms with E-state index in [9.17, 15) is 0 Å². The number of allylic oxidation sites excluding steroid dienone is 8. The molecule has 216 valence electrons. The first kappa shape index (κ1) is 32.1. The maximum absolute atomic E-state index is 4.59. The van der Waals surface area contributed by atoms with E-state index < -0.39 is 0 Å². The summed E-state index contributed by atoms with van der Waals surface area (Å²) in [4.78, 5) is 0. The second-order valence-electron chi connectivity index (χ2n) is 12.7. The quantitative estimate of drug-likeness (QED) is 0.188. The van der Waals surface area contributed by atoms with Gasteiger partial charge in [0.15, 0.2) is 0 Å². The zero-order valence-corrected chi connectivity index (χ0v) is 27.0. The Bertz CT molecular complexity index is 1460. The van der Waals surface area contributed by atoms with Gasteiger partial charge in [-0.25, -0.2) is 0 Å². The van der Waals surface area contributed by atoms with Gasteiger partial charge in [0.25, 0.3) is 0 Å². The molecule has 3 rings (SSSR count). The molecule has 41 heavy (non-hydrogen) atoms. The van der Waals surface area contributed by atoms with Crippen LogP contribution in [0, 0.1) is 11.8 Å². The highest BCUT2D eigenvalue weighted by Gasteiger charge is 2.14. The van der Waals surface area contributed by atoms with Crippen molar-refractivity contribution in [2.75, 3.05) is 0 Å². The lowest BCUT2D eigenvalue weighted by atomic mass is 9.87. The van der Waals surface area contributed by atoms with Gasteiger partial charge in [0.1, 0.15) is 0 Å². The Morgan fingerprint density at radius 3 is 2.12 bits per heavy atom. The molecule has 0 aliphatic heterocycles. The van der Waals surface area contributed by atoms with E-state index in [2.05, 4.69) is 141 Å². The first-order valence-corrected chi connectivity index (χ1v) is 15.5.